The number of carbonyl (C=O) groups excluding carboxylic acids is 3. The average molecular weight is 383 g/mol. The number of hydrogen-bond donors (Lipinski definition) is 3. The van der Waals surface area contributed by atoms with E-state index in [1.807, 2.05) is 6.92 Å². The normalized spacial score (nSPS) is 14.8. The molecule has 28 heavy (non-hydrogen) atoms. The van der Waals surface area contributed by atoms with Crippen molar-refractivity contribution >= 4 is 23.2 Å². The van der Waals surface area contributed by atoms with Crippen LogP contribution >= 0.6 is 0 Å². The molecule has 2 aromatic rings. The van der Waals surface area contributed by atoms with Crippen molar-refractivity contribution in [3.63, 3.8) is 0 Å². The first-order chi connectivity index (χ1) is 13.2. The first kappa shape index (κ1) is 19.6. The third kappa shape index (κ3) is 2.93. The topological polar surface area (TPSA) is 127 Å². The zero-order chi connectivity index (χ0) is 20.6. The molecular formula is C21H21NO6. The van der Waals surface area contributed by atoms with Gasteiger partial charge in [-0.1, -0.05) is 37.6 Å². The Hall–Kier alpha value is -3.19. The number of phenolic OH excluding ortho intramolecular Hbond substituents is 1. The average Bonchev–Trinajstić information content (AvgIpc) is 2.68. The van der Waals surface area contributed by atoms with Crippen molar-refractivity contribution in [2.75, 3.05) is 12.3 Å². The van der Waals surface area contributed by atoms with Gasteiger partial charge in [0.1, 0.15) is 5.75 Å². The summed E-state index contributed by atoms with van der Waals surface area (Å²) in [5.74, 6) is -2.52. The molecule has 0 saturated carbocycles. The fourth-order valence-corrected chi connectivity index (χ4v) is 3.38. The van der Waals surface area contributed by atoms with Crippen molar-refractivity contribution in [2.24, 2.45) is 5.41 Å². The van der Waals surface area contributed by atoms with E-state index in [1.54, 1.807) is 19.1 Å². The number of benzene rings is 2. The van der Waals surface area contributed by atoms with Gasteiger partial charge in [0.05, 0.1) is 28.8 Å². The molecule has 0 fully saturated rings. The minimum absolute atomic E-state index is 0.167. The highest BCUT2D eigenvalue weighted by Crippen LogP contribution is 2.41. The summed E-state index contributed by atoms with van der Waals surface area (Å²) in [6.45, 7) is 2.99. The van der Waals surface area contributed by atoms with Gasteiger partial charge in [-0.05, 0) is 13.3 Å². The highest BCUT2D eigenvalue weighted by Gasteiger charge is 2.38. The van der Waals surface area contributed by atoms with E-state index in [9.17, 15) is 24.6 Å². The summed E-state index contributed by atoms with van der Waals surface area (Å²) in [4.78, 5) is 38.2. The highest BCUT2D eigenvalue weighted by atomic mass is 16.5. The van der Waals surface area contributed by atoms with Gasteiger partial charge in [0.25, 0.3) is 0 Å². The zero-order valence-electron chi connectivity index (χ0n) is 15.6. The van der Waals surface area contributed by atoms with Crippen LogP contribution in [0, 0.1) is 5.41 Å². The molecule has 0 radical (unpaired) electrons. The lowest BCUT2D eigenvalue weighted by Gasteiger charge is -2.26. The molecule has 0 bridgehead atoms. The number of anilines is 1. The number of aliphatic hydroxyl groups excluding tert-OH is 1. The molecule has 0 heterocycles. The Kier molecular flexibility index (Phi) is 4.95. The molecule has 0 saturated heterocycles. The van der Waals surface area contributed by atoms with Crippen LogP contribution in [-0.2, 0) is 4.79 Å². The summed E-state index contributed by atoms with van der Waals surface area (Å²) in [7, 11) is 0. The van der Waals surface area contributed by atoms with Gasteiger partial charge in [0.2, 0.25) is 0 Å². The molecule has 2 aromatic carbocycles. The standard InChI is InChI=1S/C21H21NO6/c1-3-8-21(2,10-23)20(27)28-14-9-13(24)15-16(17(14)22)19(26)12-7-5-4-6-11(12)18(15)25/h4-7,9,23-24H,3,8,10,22H2,1-2H3. The molecular weight excluding hydrogens is 362 g/mol. The summed E-state index contributed by atoms with van der Waals surface area (Å²) in [6.07, 6.45) is 1.02. The molecule has 7 heteroatoms. The van der Waals surface area contributed by atoms with Crippen molar-refractivity contribution in [1.29, 1.82) is 0 Å². The van der Waals surface area contributed by atoms with E-state index in [4.69, 9.17) is 10.5 Å². The lowest BCUT2D eigenvalue weighted by Crippen LogP contribution is -2.35. The maximum atomic E-state index is 12.9. The fourth-order valence-electron chi connectivity index (χ4n) is 3.38. The van der Waals surface area contributed by atoms with Gasteiger partial charge in [-0.15, -0.1) is 0 Å². The van der Waals surface area contributed by atoms with E-state index in [-0.39, 0.29) is 33.7 Å². The van der Waals surface area contributed by atoms with Crippen LogP contribution in [0.25, 0.3) is 0 Å². The fraction of sp³-hybridized carbons (Fsp3) is 0.286. The van der Waals surface area contributed by atoms with E-state index >= 15 is 0 Å². The minimum atomic E-state index is -1.15. The van der Waals surface area contributed by atoms with E-state index in [0.29, 0.717) is 12.8 Å². The molecule has 1 aliphatic carbocycles. The molecule has 0 aromatic heterocycles. The number of aliphatic hydroxyl groups is 1. The number of nitrogens with two attached hydrogens (primary N) is 1. The van der Waals surface area contributed by atoms with Crippen LogP contribution in [0.15, 0.2) is 30.3 Å². The number of rotatable bonds is 5. The predicted octanol–water partition coefficient (Wildman–Crippen LogP) is 2.45. The Morgan fingerprint density at radius 3 is 2.25 bits per heavy atom. The molecule has 3 rings (SSSR count). The molecule has 0 amide bonds. The van der Waals surface area contributed by atoms with Crippen LogP contribution < -0.4 is 10.5 Å². The van der Waals surface area contributed by atoms with Gasteiger partial charge in [0, 0.05) is 17.2 Å². The number of hydrogen-bond acceptors (Lipinski definition) is 7. The second-order valence-electron chi connectivity index (χ2n) is 7.12. The Labute approximate surface area is 161 Å². The number of esters is 1. The van der Waals surface area contributed by atoms with Crippen molar-refractivity contribution < 1.29 is 29.3 Å². The minimum Gasteiger partial charge on any atom is -0.507 e. The van der Waals surface area contributed by atoms with E-state index < -0.39 is 35.3 Å². The van der Waals surface area contributed by atoms with E-state index in [0.717, 1.165) is 6.07 Å². The van der Waals surface area contributed by atoms with Crippen LogP contribution in [0.5, 0.6) is 11.5 Å². The maximum absolute atomic E-state index is 12.9. The maximum Gasteiger partial charge on any atom is 0.319 e. The molecule has 7 nitrogen and oxygen atoms in total. The number of phenols is 1. The number of nitrogen functional groups attached to an aromatic ring is 1. The first-order valence-electron chi connectivity index (χ1n) is 8.92. The number of ketones is 2. The lowest BCUT2D eigenvalue weighted by atomic mass is 9.82. The van der Waals surface area contributed by atoms with Crippen LogP contribution in [-0.4, -0.2) is 34.4 Å². The molecule has 146 valence electrons. The molecule has 1 unspecified atom stereocenters. The van der Waals surface area contributed by atoms with Crippen molar-refractivity contribution in [3.05, 3.63) is 52.6 Å². The molecule has 0 aliphatic heterocycles. The SMILES string of the molecule is CCCC(C)(CO)C(=O)Oc1cc(O)c2c(c1N)C(=O)c1ccccc1C2=O. The van der Waals surface area contributed by atoms with Gasteiger partial charge >= 0.3 is 5.97 Å². The van der Waals surface area contributed by atoms with Crippen molar-refractivity contribution in [1.82, 2.24) is 0 Å². The largest absolute Gasteiger partial charge is 0.507 e. The zero-order valence-corrected chi connectivity index (χ0v) is 15.6. The Morgan fingerprint density at radius 1 is 1.14 bits per heavy atom. The summed E-state index contributed by atoms with van der Waals surface area (Å²) in [6, 6.07) is 7.29. The summed E-state index contributed by atoms with van der Waals surface area (Å²) in [5.41, 5.74) is 4.66. The van der Waals surface area contributed by atoms with Crippen molar-refractivity contribution in [3.8, 4) is 11.5 Å². The Bertz CT molecular complexity index is 997. The van der Waals surface area contributed by atoms with E-state index in [1.165, 1.54) is 12.1 Å². The molecule has 1 aliphatic rings. The Balaban J connectivity index is 2.09. The third-order valence-electron chi connectivity index (χ3n) is 5.03. The van der Waals surface area contributed by atoms with E-state index in [2.05, 4.69) is 0 Å². The number of fused-ring (bicyclic) bond motifs is 2. The number of ether oxygens (including phenoxy) is 1. The third-order valence-corrected chi connectivity index (χ3v) is 5.03. The van der Waals surface area contributed by atoms with Crippen LogP contribution in [0.3, 0.4) is 0 Å². The van der Waals surface area contributed by atoms with Crippen LogP contribution in [0.2, 0.25) is 0 Å². The monoisotopic (exact) mass is 383 g/mol. The predicted molar refractivity (Wildman–Crippen MR) is 102 cm³/mol. The second kappa shape index (κ2) is 7.09. The highest BCUT2D eigenvalue weighted by molar-refractivity contribution is 6.31. The summed E-state index contributed by atoms with van der Waals surface area (Å²) in [5, 5.41) is 20.0. The van der Waals surface area contributed by atoms with Gasteiger partial charge < -0.3 is 20.7 Å². The van der Waals surface area contributed by atoms with Gasteiger partial charge in [-0.25, -0.2) is 0 Å². The smallest absolute Gasteiger partial charge is 0.319 e. The second-order valence-corrected chi connectivity index (χ2v) is 7.12. The molecule has 0 spiro atoms. The van der Waals surface area contributed by atoms with Gasteiger partial charge in [0.15, 0.2) is 17.3 Å². The van der Waals surface area contributed by atoms with Gasteiger partial charge in [-0.2, -0.15) is 0 Å². The van der Waals surface area contributed by atoms with Gasteiger partial charge in [-0.3, -0.25) is 14.4 Å². The first-order valence-corrected chi connectivity index (χ1v) is 8.92. The Morgan fingerprint density at radius 2 is 1.71 bits per heavy atom. The molecule has 1 atom stereocenters. The summed E-state index contributed by atoms with van der Waals surface area (Å²) < 4.78 is 5.32. The number of aromatic hydroxyl groups is 1. The molecule has 4 N–H and O–H groups in total. The van der Waals surface area contributed by atoms with Crippen LogP contribution in [0.4, 0.5) is 5.69 Å². The van der Waals surface area contributed by atoms with Crippen LogP contribution in [0.1, 0.15) is 58.5 Å². The lowest BCUT2D eigenvalue weighted by molar-refractivity contribution is -0.147. The van der Waals surface area contributed by atoms with Crippen molar-refractivity contribution in [2.45, 2.75) is 26.7 Å². The number of carbonyl (C=O) groups is 3. The quantitative estimate of drug-likeness (QED) is 0.267. The summed E-state index contributed by atoms with van der Waals surface area (Å²) >= 11 is 0.